The van der Waals surface area contributed by atoms with Crippen LogP contribution in [0.4, 0.5) is 0 Å². The van der Waals surface area contributed by atoms with Crippen molar-refractivity contribution in [2.75, 3.05) is 26.1 Å². The number of rotatable bonds is 11. The van der Waals surface area contributed by atoms with Gasteiger partial charge in [-0.05, 0) is 37.6 Å². The van der Waals surface area contributed by atoms with E-state index in [0.717, 1.165) is 18.4 Å². The maximum atomic E-state index is 12.4. The molecule has 5 nitrogen and oxygen atoms in total. The van der Waals surface area contributed by atoms with E-state index in [1.165, 1.54) is 10.7 Å². The van der Waals surface area contributed by atoms with Crippen molar-refractivity contribution in [2.45, 2.75) is 19.3 Å². The van der Waals surface area contributed by atoms with Gasteiger partial charge in [-0.25, -0.2) is 9.24 Å². The highest BCUT2D eigenvalue weighted by Gasteiger charge is 2.27. The average molecular weight is 394 g/mol. The zero-order valence-corrected chi connectivity index (χ0v) is 16.0. The highest BCUT2D eigenvalue weighted by atomic mass is 35.7. The minimum atomic E-state index is -3.44. The molecule has 1 atom stereocenters. The summed E-state index contributed by atoms with van der Waals surface area (Å²) in [5.74, 6) is 0.587. The second-order valence-corrected chi connectivity index (χ2v) is 8.54. The van der Waals surface area contributed by atoms with Crippen LogP contribution >= 0.6 is 29.7 Å². The molecule has 0 heterocycles. The Hall–Kier alpha value is -1.00. The molecule has 0 amide bonds. The largest absolute Gasteiger partial charge is 0.461 e. The van der Waals surface area contributed by atoms with Gasteiger partial charge in [0.15, 0.2) is 0 Å². The number of hydrogen-bond acceptors (Lipinski definition) is 4. The number of ether oxygens (including phenoxy) is 1. The molecule has 0 aliphatic heterocycles. The first-order valence-electron chi connectivity index (χ1n) is 7.51. The van der Waals surface area contributed by atoms with Crippen LogP contribution in [0.2, 0.25) is 0 Å². The molecule has 1 aromatic rings. The topological polar surface area (TPSA) is 55.8 Å². The van der Waals surface area contributed by atoms with Gasteiger partial charge in [-0.1, -0.05) is 24.8 Å². The number of alkyl halides is 1. The monoisotopic (exact) mass is 393 g/mol. The highest BCUT2D eigenvalue weighted by Crippen LogP contribution is 2.54. The molecule has 1 unspecified atom stereocenters. The molecule has 0 saturated carbocycles. The molecule has 8 heteroatoms. The molecule has 0 aliphatic carbocycles. The maximum Gasteiger partial charge on any atom is 0.411 e. The minimum absolute atomic E-state index is 0.144. The fourth-order valence-corrected chi connectivity index (χ4v) is 3.35. The van der Waals surface area contributed by atoms with Gasteiger partial charge in [0.25, 0.3) is 0 Å². The lowest BCUT2D eigenvalue weighted by Gasteiger charge is -2.22. The van der Waals surface area contributed by atoms with Crippen LogP contribution in [0.1, 0.15) is 18.4 Å². The highest BCUT2D eigenvalue weighted by molar-refractivity contribution is 7.83. The van der Waals surface area contributed by atoms with Crippen molar-refractivity contribution in [3.63, 3.8) is 0 Å². The molecule has 0 aromatic heterocycles. The van der Waals surface area contributed by atoms with Crippen LogP contribution in [0, 0.1) is 0 Å². The van der Waals surface area contributed by atoms with E-state index in [-0.39, 0.29) is 19.0 Å². The molecule has 0 saturated heterocycles. The van der Waals surface area contributed by atoms with Gasteiger partial charge in [0, 0.05) is 23.7 Å². The number of nitrogens with zero attached hydrogens (tertiary/aromatic N) is 1. The van der Waals surface area contributed by atoms with Crippen LogP contribution in [-0.4, -0.2) is 36.7 Å². The summed E-state index contributed by atoms with van der Waals surface area (Å²) in [6, 6.07) is 6.65. The average Bonchev–Trinajstić information content (AvgIpc) is 2.54. The van der Waals surface area contributed by atoms with Gasteiger partial charge in [-0.2, -0.15) is 0 Å². The first-order chi connectivity index (χ1) is 11.4. The normalized spacial score (nSPS) is 13.3. The van der Waals surface area contributed by atoms with Gasteiger partial charge in [0.05, 0.1) is 6.42 Å². The molecule has 24 heavy (non-hydrogen) atoms. The van der Waals surface area contributed by atoms with Crippen LogP contribution in [0.25, 0.3) is 0 Å². The van der Waals surface area contributed by atoms with Gasteiger partial charge in [-0.15, -0.1) is 11.6 Å². The summed E-state index contributed by atoms with van der Waals surface area (Å²) in [6.07, 6.45) is 3.26. The summed E-state index contributed by atoms with van der Waals surface area (Å²) >= 11 is 11.6. The first-order valence-corrected chi connectivity index (χ1v) is 10.5. The Morgan fingerprint density at radius 1 is 1.33 bits per heavy atom. The quantitative estimate of drug-likeness (QED) is 0.180. The molecular formula is C16H22Cl2NO4P. The molecular weight excluding hydrogens is 372 g/mol. The molecule has 0 N–H and O–H groups in total. The first kappa shape index (κ1) is 21.0. The number of carbonyl (C=O) groups excluding carboxylic acids is 1. The van der Waals surface area contributed by atoms with E-state index in [1.807, 2.05) is 0 Å². The molecule has 0 spiro atoms. The van der Waals surface area contributed by atoms with Crippen molar-refractivity contribution in [1.29, 1.82) is 0 Å². The van der Waals surface area contributed by atoms with E-state index < -0.39 is 6.87 Å². The number of carbonyl (C=O) groups is 1. The third-order valence-electron chi connectivity index (χ3n) is 3.13. The van der Waals surface area contributed by atoms with Crippen molar-refractivity contribution in [1.82, 2.24) is 4.67 Å². The van der Waals surface area contributed by atoms with Crippen molar-refractivity contribution in [3.8, 4) is 5.75 Å². The molecule has 0 aliphatic rings. The summed E-state index contributed by atoms with van der Waals surface area (Å²) in [7, 11) is 1.64. The van der Waals surface area contributed by atoms with Crippen molar-refractivity contribution in [3.05, 3.63) is 42.5 Å². The van der Waals surface area contributed by atoms with Crippen molar-refractivity contribution < 1.29 is 18.6 Å². The Morgan fingerprint density at radius 3 is 2.58 bits per heavy atom. The zero-order valence-electron chi connectivity index (χ0n) is 13.6. The SMILES string of the molecule is C=CCOC(=O)Cc1ccc(OP(=O)(Cl)N(C)CCCCCl)cc1. The van der Waals surface area contributed by atoms with Gasteiger partial charge < -0.3 is 9.26 Å². The molecule has 0 bridgehead atoms. The van der Waals surface area contributed by atoms with Gasteiger partial charge >= 0.3 is 12.8 Å². The second-order valence-electron chi connectivity index (χ2n) is 5.11. The standard InChI is InChI=1S/C16H22Cl2NO4P/c1-3-12-22-16(20)13-14-6-8-15(9-7-14)23-24(18,21)19(2)11-5-4-10-17/h3,6-9H,1,4-5,10-13H2,2H3. The van der Waals surface area contributed by atoms with Crippen LogP contribution < -0.4 is 4.52 Å². The molecule has 1 aromatic carbocycles. The van der Waals surface area contributed by atoms with Crippen molar-refractivity contribution >= 4 is 35.7 Å². The number of benzene rings is 1. The van der Waals surface area contributed by atoms with Gasteiger partial charge in [0.1, 0.15) is 12.4 Å². The Balaban J connectivity index is 2.57. The lowest BCUT2D eigenvalue weighted by molar-refractivity contribution is -0.141. The summed E-state index contributed by atoms with van der Waals surface area (Å²) < 4.78 is 24.2. The van der Waals surface area contributed by atoms with Crippen LogP contribution in [0.15, 0.2) is 36.9 Å². The Bertz CT molecular complexity index is 580. The lowest BCUT2D eigenvalue weighted by atomic mass is 10.1. The van der Waals surface area contributed by atoms with Gasteiger partial charge in [0.2, 0.25) is 0 Å². The van der Waals surface area contributed by atoms with E-state index in [9.17, 15) is 9.36 Å². The molecule has 134 valence electrons. The Labute approximate surface area is 152 Å². The smallest absolute Gasteiger partial charge is 0.411 e. The summed E-state index contributed by atoms with van der Waals surface area (Å²) in [4.78, 5) is 11.5. The van der Waals surface area contributed by atoms with E-state index in [0.29, 0.717) is 18.2 Å². The van der Waals surface area contributed by atoms with E-state index in [1.54, 1.807) is 31.3 Å². The van der Waals surface area contributed by atoms with E-state index >= 15 is 0 Å². The van der Waals surface area contributed by atoms with Crippen LogP contribution in [-0.2, 0) is 20.5 Å². The lowest BCUT2D eigenvalue weighted by Crippen LogP contribution is -2.17. The fourth-order valence-electron chi connectivity index (χ4n) is 1.79. The number of halogens is 2. The predicted octanol–water partition coefficient (Wildman–Crippen LogP) is 4.63. The Kier molecular flexibility index (Phi) is 9.45. The summed E-state index contributed by atoms with van der Waals surface area (Å²) in [6.45, 7) is 0.751. The minimum Gasteiger partial charge on any atom is -0.461 e. The number of esters is 1. The van der Waals surface area contributed by atoms with Crippen molar-refractivity contribution in [2.24, 2.45) is 0 Å². The molecule has 0 fully saturated rings. The third kappa shape index (κ3) is 7.71. The predicted molar refractivity (Wildman–Crippen MR) is 98.0 cm³/mol. The van der Waals surface area contributed by atoms with E-state index in [4.69, 9.17) is 32.1 Å². The van der Waals surface area contributed by atoms with E-state index in [2.05, 4.69) is 6.58 Å². The van der Waals surface area contributed by atoms with Crippen LogP contribution in [0.3, 0.4) is 0 Å². The maximum absolute atomic E-state index is 12.4. The van der Waals surface area contributed by atoms with Crippen LogP contribution in [0.5, 0.6) is 5.75 Å². The second kappa shape index (κ2) is 10.8. The Morgan fingerprint density at radius 2 is 2.00 bits per heavy atom. The molecule has 1 rings (SSSR count). The van der Waals surface area contributed by atoms with Gasteiger partial charge in [-0.3, -0.25) is 4.79 Å². The fraction of sp³-hybridized carbons (Fsp3) is 0.438. The summed E-state index contributed by atoms with van der Waals surface area (Å²) in [5, 5.41) is 0. The molecule has 0 radical (unpaired) electrons. The zero-order chi connectivity index (χ0) is 18.0. The number of hydrogen-bond donors (Lipinski definition) is 0. The summed E-state index contributed by atoms with van der Waals surface area (Å²) in [5.41, 5.74) is 0.760. The third-order valence-corrected chi connectivity index (χ3v) is 5.83. The number of unbranched alkanes of at least 4 members (excludes halogenated alkanes) is 1.